The summed E-state index contributed by atoms with van der Waals surface area (Å²) in [5, 5.41) is 0.251. The van der Waals surface area contributed by atoms with Crippen molar-refractivity contribution in [2.75, 3.05) is 0 Å². The number of ether oxygens (including phenoxy) is 1. The van der Waals surface area contributed by atoms with Crippen LogP contribution in [0.2, 0.25) is 5.02 Å². The van der Waals surface area contributed by atoms with E-state index in [1.807, 2.05) is 30.3 Å². The third-order valence-electron chi connectivity index (χ3n) is 2.23. The monoisotopic (exact) mass is 314 g/mol. The molecule has 0 radical (unpaired) electrons. The molecule has 0 aromatic heterocycles. The van der Waals surface area contributed by atoms with Crippen LogP contribution in [0.15, 0.2) is 46.9 Å². The topological polar surface area (TPSA) is 9.23 Å². The molecule has 0 spiro atoms. The average molecular weight is 316 g/mol. The molecule has 0 aliphatic carbocycles. The van der Waals surface area contributed by atoms with E-state index < -0.39 is 5.82 Å². The predicted molar refractivity (Wildman–Crippen MR) is 69.9 cm³/mol. The molecule has 0 heterocycles. The van der Waals surface area contributed by atoms with E-state index >= 15 is 0 Å². The molecule has 0 atom stereocenters. The number of hydrogen-bond donors (Lipinski definition) is 0. The number of benzene rings is 2. The Bertz CT molecular complexity index is 516. The highest BCUT2D eigenvalue weighted by atomic mass is 79.9. The van der Waals surface area contributed by atoms with E-state index in [-0.39, 0.29) is 17.4 Å². The summed E-state index contributed by atoms with van der Waals surface area (Å²) in [4.78, 5) is 0. The fraction of sp³-hybridized carbons (Fsp3) is 0.0769. The lowest BCUT2D eigenvalue weighted by Crippen LogP contribution is -1.98. The van der Waals surface area contributed by atoms with Crippen LogP contribution in [0, 0.1) is 5.82 Å². The lowest BCUT2D eigenvalue weighted by Gasteiger charge is -2.10. The van der Waals surface area contributed by atoms with E-state index in [1.54, 1.807) is 6.07 Å². The normalized spacial score (nSPS) is 10.3. The Morgan fingerprint density at radius 2 is 1.82 bits per heavy atom. The summed E-state index contributed by atoms with van der Waals surface area (Å²) in [6, 6.07) is 12.4. The van der Waals surface area contributed by atoms with Gasteiger partial charge in [-0.25, -0.2) is 4.39 Å². The van der Waals surface area contributed by atoms with Crippen molar-refractivity contribution in [1.29, 1.82) is 0 Å². The van der Waals surface area contributed by atoms with Gasteiger partial charge in [0.15, 0.2) is 11.6 Å². The molecule has 0 aliphatic heterocycles. The van der Waals surface area contributed by atoms with Crippen LogP contribution in [-0.2, 0) is 6.61 Å². The first-order chi connectivity index (χ1) is 8.18. The van der Waals surface area contributed by atoms with Crippen LogP contribution in [0.3, 0.4) is 0 Å². The van der Waals surface area contributed by atoms with Gasteiger partial charge >= 0.3 is 0 Å². The van der Waals surface area contributed by atoms with Crippen LogP contribution in [0.5, 0.6) is 5.75 Å². The Kier molecular flexibility index (Phi) is 4.02. The Labute approximate surface area is 112 Å². The Morgan fingerprint density at radius 3 is 2.53 bits per heavy atom. The highest BCUT2D eigenvalue weighted by molar-refractivity contribution is 9.10. The van der Waals surface area contributed by atoms with Crippen molar-refractivity contribution in [2.45, 2.75) is 6.61 Å². The van der Waals surface area contributed by atoms with Crippen LogP contribution >= 0.6 is 27.5 Å². The fourth-order valence-electron chi connectivity index (χ4n) is 1.37. The standard InChI is InChI=1S/C13H9BrClFO/c14-10-6-7-11(16)13(12(10)15)17-8-9-4-2-1-3-5-9/h1-7H,8H2. The zero-order valence-electron chi connectivity index (χ0n) is 8.79. The smallest absolute Gasteiger partial charge is 0.175 e. The second-order valence-electron chi connectivity index (χ2n) is 3.45. The van der Waals surface area contributed by atoms with E-state index in [9.17, 15) is 4.39 Å². The van der Waals surface area contributed by atoms with E-state index in [2.05, 4.69) is 15.9 Å². The summed E-state index contributed by atoms with van der Waals surface area (Å²) in [6.45, 7) is 0.286. The maximum atomic E-state index is 13.5. The largest absolute Gasteiger partial charge is 0.484 e. The van der Waals surface area contributed by atoms with E-state index in [0.29, 0.717) is 4.47 Å². The van der Waals surface area contributed by atoms with Gasteiger partial charge in [-0.1, -0.05) is 41.9 Å². The van der Waals surface area contributed by atoms with Crippen molar-refractivity contribution >= 4 is 27.5 Å². The third kappa shape index (κ3) is 2.99. The van der Waals surface area contributed by atoms with Crippen molar-refractivity contribution in [3.8, 4) is 5.75 Å². The van der Waals surface area contributed by atoms with Gasteiger partial charge in [-0.15, -0.1) is 0 Å². The Balaban J connectivity index is 2.17. The number of halogens is 3. The van der Waals surface area contributed by atoms with Gasteiger partial charge in [0.25, 0.3) is 0 Å². The highest BCUT2D eigenvalue weighted by Crippen LogP contribution is 2.34. The summed E-state index contributed by atoms with van der Waals surface area (Å²) >= 11 is 9.18. The van der Waals surface area contributed by atoms with Gasteiger partial charge in [-0.2, -0.15) is 0 Å². The molecule has 88 valence electrons. The number of hydrogen-bond acceptors (Lipinski definition) is 1. The third-order valence-corrected chi connectivity index (χ3v) is 3.49. The van der Waals surface area contributed by atoms with Crippen LogP contribution in [-0.4, -0.2) is 0 Å². The Morgan fingerprint density at radius 1 is 1.12 bits per heavy atom. The molecular formula is C13H9BrClFO. The molecule has 0 saturated carbocycles. The molecular weight excluding hydrogens is 306 g/mol. The quantitative estimate of drug-likeness (QED) is 0.738. The lowest BCUT2D eigenvalue weighted by atomic mass is 10.2. The van der Waals surface area contributed by atoms with E-state index in [4.69, 9.17) is 16.3 Å². The second-order valence-corrected chi connectivity index (χ2v) is 4.68. The number of rotatable bonds is 3. The minimum absolute atomic E-state index is 0.0740. The summed E-state index contributed by atoms with van der Waals surface area (Å²) in [5.41, 5.74) is 0.961. The van der Waals surface area contributed by atoms with Gasteiger partial charge in [0.1, 0.15) is 6.61 Å². The first kappa shape index (κ1) is 12.4. The Hall–Kier alpha value is -1.06. The second kappa shape index (κ2) is 5.52. The maximum absolute atomic E-state index is 13.5. The summed E-state index contributed by atoms with van der Waals surface area (Å²) < 4.78 is 19.5. The lowest BCUT2D eigenvalue weighted by molar-refractivity contribution is 0.290. The van der Waals surface area contributed by atoms with Gasteiger partial charge < -0.3 is 4.74 Å². The molecule has 0 aliphatic rings. The van der Waals surface area contributed by atoms with Gasteiger partial charge in [0, 0.05) is 4.47 Å². The average Bonchev–Trinajstić information content (AvgIpc) is 2.35. The van der Waals surface area contributed by atoms with Gasteiger partial charge in [-0.05, 0) is 33.6 Å². The first-order valence-corrected chi connectivity index (χ1v) is 6.16. The first-order valence-electron chi connectivity index (χ1n) is 4.98. The van der Waals surface area contributed by atoms with Crippen molar-refractivity contribution in [1.82, 2.24) is 0 Å². The van der Waals surface area contributed by atoms with Crippen molar-refractivity contribution in [3.63, 3.8) is 0 Å². The molecule has 4 heteroatoms. The van der Waals surface area contributed by atoms with Crippen molar-refractivity contribution in [2.24, 2.45) is 0 Å². The van der Waals surface area contributed by atoms with Crippen LogP contribution in [0.25, 0.3) is 0 Å². The molecule has 2 aromatic carbocycles. The zero-order valence-corrected chi connectivity index (χ0v) is 11.1. The van der Waals surface area contributed by atoms with E-state index in [1.165, 1.54) is 6.07 Å². The van der Waals surface area contributed by atoms with E-state index in [0.717, 1.165) is 5.56 Å². The molecule has 1 nitrogen and oxygen atoms in total. The van der Waals surface area contributed by atoms with Crippen LogP contribution in [0.4, 0.5) is 4.39 Å². The summed E-state index contributed by atoms with van der Waals surface area (Å²) in [5.74, 6) is -0.390. The van der Waals surface area contributed by atoms with Crippen LogP contribution < -0.4 is 4.74 Å². The minimum Gasteiger partial charge on any atom is -0.484 e. The fourth-order valence-corrected chi connectivity index (χ4v) is 1.89. The summed E-state index contributed by atoms with van der Waals surface area (Å²) in [7, 11) is 0. The molecule has 0 unspecified atom stereocenters. The van der Waals surface area contributed by atoms with Crippen LogP contribution in [0.1, 0.15) is 5.56 Å². The maximum Gasteiger partial charge on any atom is 0.175 e. The van der Waals surface area contributed by atoms with Gasteiger partial charge in [0.2, 0.25) is 0 Å². The van der Waals surface area contributed by atoms with Crippen molar-refractivity contribution < 1.29 is 9.13 Å². The molecule has 2 rings (SSSR count). The molecule has 17 heavy (non-hydrogen) atoms. The molecule has 0 saturated heterocycles. The zero-order chi connectivity index (χ0) is 12.3. The molecule has 2 aromatic rings. The highest BCUT2D eigenvalue weighted by Gasteiger charge is 2.11. The molecule has 0 N–H and O–H groups in total. The predicted octanol–water partition coefficient (Wildman–Crippen LogP) is 4.82. The van der Waals surface area contributed by atoms with Gasteiger partial charge in [0.05, 0.1) is 5.02 Å². The molecule has 0 bridgehead atoms. The summed E-state index contributed by atoms with van der Waals surface area (Å²) in [6.07, 6.45) is 0. The minimum atomic E-state index is -0.464. The molecule has 0 amide bonds. The molecule has 0 fully saturated rings. The van der Waals surface area contributed by atoms with Gasteiger partial charge in [-0.3, -0.25) is 0 Å². The SMILES string of the molecule is Fc1ccc(Br)c(Cl)c1OCc1ccccc1. The van der Waals surface area contributed by atoms with Crippen molar-refractivity contribution in [3.05, 3.63) is 63.3 Å².